The molecule has 0 spiro atoms. The van der Waals surface area contributed by atoms with Gasteiger partial charge in [-0.15, -0.1) is 0 Å². The fourth-order valence-corrected chi connectivity index (χ4v) is 2.39. The van der Waals surface area contributed by atoms with E-state index in [2.05, 4.69) is 43.1 Å². The Morgan fingerprint density at radius 3 is 2.82 bits per heavy atom. The van der Waals surface area contributed by atoms with Crippen LogP contribution in [0.2, 0.25) is 0 Å². The van der Waals surface area contributed by atoms with Gasteiger partial charge in [-0.1, -0.05) is 0 Å². The normalized spacial score (nSPS) is 10.6. The third-order valence-electron chi connectivity index (χ3n) is 2.94. The molecule has 0 atom stereocenters. The van der Waals surface area contributed by atoms with Crippen LogP contribution in [0, 0.1) is 13.7 Å². The van der Waals surface area contributed by atoms with Gasteiger partial charge in [-0.3, -0.25) is 20.0 Å². The summed E-state index contributed by atoms with van der Waals surface area (Å²) in [6, 6.07) is 8.23. The van der Waals surface area contributed by atoms with Crippen molar-refractivity contribution in [2.45, 2.75) is 0 Å². The molecule has 0 aliphatic heterocycles. The van der Waals surface area contributed by atoms with E-state index in [4.69, 9.17) is 0 Å². The number of nitrogens with zero attached hydrogens (tertiary/aromatic N) is 3. The summed E-state index contributed by atoms with van der Waals surface area (Å²) in [4.78, 5) is 26.1. The van der Waals surface area contributed by atoms with Gasteiger partial charge < -0.3 is 5.32 Å². The molecular weight excluding hydrogens is 401 g/mol. The number of H-pyrrole nitrogens is 1. The lowest BCUT2D eigenvalue weighted by Crippen LogP contribution is -2.13. The zero-order chi connectivity index (χ0) is 15.7. The molecule has 0 aliphatic rings. The standard InChI is InChI=1S/C13H8IN5O3/c14-7-1-3-10-9(5-7)12(18-17-10)13(20)16-11-4-2-8(6-15-11)19(21)22/h1-6H,(H,17,18)(H,15,16,20). The van der Waals surface area contributed by atoms with E-state index in [1.54, 1.807) is 0 Å². The lowest BCUT2D eigenvalue weighted by Gasteiger charge is -2.02. The van der Waals surface area contributed by atoms with E-state index >= 15 is 0 Å². The smallest absolute Gasteiger partial charge is 0.287 e. The molecular formula is C13H8IN5O3. The molecule has 3 aromatic rings. The van der Waals surface area contributed by atoms with Gasteiger partial charge in [-0.05, 0) is 46.9 Å². The van der Waals surface area contributed by atoms with Gasteiger partial charge in [0.25, 0.3) is 11.6 Å². The van der Waals surface area contributed by atoms with Crippen molar-refractivity contribution >= 4 is 50.9 Å². The number of nitrogens with one attached hydrogen (secondary N) is 2. The fraction of sp³-hybridized carbons (Fsp3) is 0. The van der Waals surface area contributed by atoms with Crippen molar-refractivity contribution in [2.24, 2.45) is 0 Å². The molecule has 3 rings (SSSR count). The van der Waals surface area contributed by atoms with Crippen LogP contribution in [-0.2, 0) is 0 Å². The Balaban J connectivity index is 1.87. The van der Waals surface area contributed by atoms with E-state index in [1.165, 1.54) is 12.1 Å². The number of hydrogen-bond acceptors (Lipinski definition) is 5. The van der Waals surface area contributed by atoms with Crippen molar-refractivity contribution in [2.75, 3.05) is 5.32 Å². The van der Waals surface area contributed by atoms with Crippen LogP contribution in [-0.4, -0.2) is 26.0 Å². The Labute approximate surface area is 137 Å². The van der Waals surface area contributed by atoms with Gasteiger partial charge in [0, 0.05) is 15.0 Å². The zero-order valence-electron chi connectivity index (χ0n) is 10.9. The van der Waals surface area contributed by atoms with E-state index in [-0.39, 0.29) is 17.2 Å². The summed E-state index contributed by atoms with van der Waals surface area (Å²) >= 11 is 2.15. The average molecular weight is 409 g/mol. The summed E-state index contributed by atoms with van der Waals surface area (Å²) in [7, 11) is 0. The molecule has 0 fully saturated rings. The van der Waals surface area contributed by atoms with Crippen LogP contribution in [0.3, 0.4) is 0 Å². The molecule has 1 amide bonds. The summed E-state index contributed by atoms with van der Waals surface area (Å²) in [5, 5.41) is 20.6. The first-order valence-corrected chi connectivity index (χ1v) is 7.18. The van der Waals surface area contributed by atoms with E-state index in [0.29, 0.717) is 5.39 Å². The highest BCUT2D eigenvalue weighted by atomic mass is 127. The van der Waals surface area contributed by atoms with Crippen LogP contribution < -0.4 is 5.32 Å². The molecule has 8 nitrogen and oxygen atoms in total. The van der Waals surface area contributed by atoms with Crippen LogP contribution in [0.4, 0.5) is 11.5 Å². The minimum Gasteiger partial charge on any atom is -0.305 e. The Morgan fingerprint density at radius 1 is 1.32 bits per heavy atom. The molecule has 0 saturated heterocycles. The van der Waals surface area contributed by atoms with Crippen LogP contribution in [0.5, 0.6) is 0 Å². The van der Waals surface area contributed by atoms with Crippen LogP contribution in [0.15, 0.2) is 36.5 Å². The number of carbonyl (C=O) groups excluding carboxylic acids is 1. The Hall–Kier alpha value is -2.56. The molecule has 0 unspecified atom stereocenters. The number of aromatic nitrogens is 3. The number of benzene rings is 1. The van der Waals surface area contributed by atoms with Gasteiger partial charge in [0.15, 0.2) is 5.69 Å². The van der Waals surface area contributed by atoms with E-state index in [1.807, 2.05) is 18.2 Å². The summed E-state index contributed by atoms with van der Waals surface area (Å²) < 4.78 is 0.981. The van der Waals surface area contributed by atoms with Crippen molar-refractivity contribution in [1.82, 2.24) is 15.2 Å². The maximum atomic E-state index is 12.2. The molecule has 9 heteroatoms. The SMILES string of the molecule is O=C(Nc1ccc([N+](=O)[O-])cn1)c1n[nH]c2ccc(I)cc12. The average Bonchev–Trinajstić information content (AvgIpc) is 2.90. The number of rotatable bonds is 3. The third-order valence-corrected chi connectivity index (χ3v) is 3.61. The van der Waals surface area contributed by atoms with E-state index in [0.717, 1.165) is 15.3 Å². The molecule has 0 radical (unpaired) electrons. The number of fused-ring (bicyclic) bond motifs is 1. The minimum absolute atomic E-state index is 0.141. The molecule has 0 bridgehead atoms. The van der Waals surface area contributed by atoms with Crippen molar-refractivity contribution in [3.05, 3.63) is 55.9 Å². The second-order valence-electron chi connectivity index (χ2n) is 4.37. The summed E-state index contributed by atoms with van der Waals surface area (Å²) in [5.74, 6) is -0.216. The van der Waals surface area contributed by atoms with Gasteiger partial charge in [-0.2, -0.15) is 5.10 Å². The van der Waals surface area contributed by atoms with Crippen molar-refractivity contribution < 1.29 is 9.72 Å². The zero-order valence-corrected chi connectivity index (χ0v) is 13.1. The predicted molar refractivity (Wildman–Crippen MR) is 87.7 cm³/mol. The maximum Gasteiger partial charge on any atom is 0.287 e. The van der Waals surface area contributed by atoms with Crippen molar-refractivity contribution in [1.29, 1.82) is 0 Å². The number of nitro groups is 1. The first-order chi connectivity index (χ1) is 10.5. The molecule has 2 heterocycles. The van der Waals surface area contributed by atoms with E-state index < -0.39 is 10.8 Å². The number of amides is 1. The monoisotopic (exact) mass is 409 g/mol. The number of anilines is 1. The highest BCUT2D eigenvalue weighted by molar-refractivity contribution is 14.1. The lowest BCUT2D eigenvalue weighted by atomic mass is 10.2. The highest BCUT2D eigenvalue weighted by Crippen LogP contribution is 2.20. The van der Waals surface area contributed by atoms with Crippen molar-refractivity contribution in [3.8, 4) is 0 Å². The van der Waals surface area contributed by atoms with Crippen LogP contribution in [0.1, 0.15) is 10.5 Å². The number of carbonyl (C=O) groups is 1. The lowest BCUT2D eigenvalue weighted by molar-refractivity contribution is -0.385. The largest absolute Gasteiger partial charge is 0.305 e. The van der Waals surface area contributed by atoms with Gasteiger partial charge in [0.1, 0.15) is 12.0 Å². The van der Waals surface area contributed by atoms with Crippen LogP contribution >= 0.6 is 22.6 Å². The van der Waals surface area contributed by atoms with Crippen LogP contribution in [0.25, 0.3) is 10.9 Å². The molecule has 110 valence electrons. The summed E-state index contributed by atoms with van der Waals surface area (Å²) in [6.07, 6.45) is 1.08. The van der Waals surface area contributed by atoms with Gasteiger partial charge in [0.2, 0.25) is 0 Å². The Morgan fingerprint density at radius 2 is 2.14 bits per heavy atom. The second-order valence-corrected chi connectivity index (χ2v) is 5.62. The van der Waals surface area contributed by atoms with Gasteiger partial charge in [0.05, 0.1) is 10.4 Å². The number of pyridine rings is 1. The first kappa shape index (κ1) is 14.4. The van der Waals surface area contributed by atoms with E-state index in [9.17, 15) is 14.9 Å². The summed E-state index contributed by atoms with van der Waals surface area (Å²) in [6.45, 7) is 0. The quantitative estimate of drug-likeness (QED) is 0.392. The molecule has 0 saturated carbocycles. The Bertz CT molecular complexity index is 875. The molecule has 22 heavy (non-hydrogen) atoms. The molecule has 2 aromatic heterocycles. The highest BCUT2D eigenvalue weighted by Gasteiger charge is 2.15. The Kier molecular flexibility index (Phi) is 3.71. The topological polar surface area (TPSA) is 114 Å². The van der Waals surface area contributed by atoms with Gasteiger partial charge in [-0.25, -0.2) is 4.98 Å². The predicted octanol–water partition coefficient (Wildman–Crippen LogP) is 2.72. The number of halogens is 1. The molecule has 1 aromatic carbocycles. The number of aromatic amines is 1. The molecule has 0 aliphatic carbocycles. The summed E-state index contributed by atoms with van der Waals surface area (Å²) in [5.41, 5.74) is 0.855. The minimum atomic E-state index is -0.554. The van der Waals surface area contributed by atoms with Gasteiger partial charge >= 0.3 is 0 Å². The third kappa shape index (κ3) is 2.74. The van der Waals surface area contributed by atoms with Crippen molar-refractivity contribution in [3.63, 3.8) is 0 Å². The molecule has 2 N–H and O–H groups in total. The second kappa shape index (κ2) is 5.67. The maximum absolute atomic E-state index is 12.2. The first-order valence-electron chi connectivity index (χ1n) is 6.10. The number of hydrogen-bond donors (Lipinski definition) is 2. The fourth-order valence-electron chi connectivity index (χ4n) is 1.90.